The molecule has 5 amide bonds. The van der Waals surface area contributed by atoms with Gasteiger partial charge < -0.3 is 88.7 Å². The summed E-state index contributed by atoms with van der Waals surface area (Å²) in [5, 5.41) is 32.2. The number of likely N-dealkylation sites (tertiary alicyclic amines) is 2. The van der Waals surface area contributed by atoms with Crippen molar-refractivity contribution in [3.05, 3.63) is 187 Å². The first-order valence-electron chi connectivity index (χ1n) is 42.1. The number of aldehydes is 1. The Morgan fingerprint density at radius 3 is 1.44 bits per heavy atom. The highest BCUT2D eigenvalue weighted by atomic mass is 32.1. The van der Waals surface area contributed by atoms with Gasteiger partial charge in [0.2, 0.25) is 29.5 Å². The van der Waals surface area contributed by atoms with Crippen molar-refractivity contribution < 1.29 is 81.7 Å². The number of aliphatic hydroxyl groups excluding tert-OH is 2. The van der Waals surface area contributed by atoms with Crippen LogP contribution in [-0.2, 0) is 81.4 Å². The molecule has 2 aliphatic heterocycles. The van der Waals surface area contributed by atoms with Crippen molar-refractivity contribution in [2.45, 2.75) is 125 Å². The lowest BCUT2D eigenvalue weighted by Gasteiger charge is -2.35. The molecule has 0 radical (unpaired) electrons. The van der Waals surface area contributed by atoms with E-state index in [1.165, 1.54) is 28.6 Å². The van der Waals surface area contributed by atoms with E-state index in [-0.39, 0.29) is 113 Å². The molecule has 2 aliphatic rings. The maximum absolute atomic E-state index is 14.1. The molecule has 2 saturated heterocycles. The summed E-state index contributed by atoms with van der Waals surface area (Å²) in [6.45, 7) is 18.6. The Balaban J connectivity index is 0.000000225. The molecule has 684 valence electrons. The van der Waals surface area contributed by atoms with E-state index in [1.54, 1.807) is 111 Å². The zero-order valence-corrected chi connectivity index (χ0v) is 76.9. The Kier molecular flexibility index (Phi) is 35.4. The summed E-state index contributed by atoms with van der Waals surface area (Å²) in [5.41, 5.74) is 17.9. The Labute approximate surface area is 752 Å². The molecule has 7 N–H and O–H groups in total. The second-order valence-corrected chi connectivity index (χ2v) is 35.3. The minimum absolute atomic E-state index is 0.0112. The lowest BCUT2D eigenvalue weighted by Crippen LogP contribution is -2.58. The number of nitrogens with zero attached hydrogens (tertiary/aromatic N) is 9. The molecule has 12 rings (SSSR count). The number of carbonyl (C=O) groups excluding carboxylic acids is 7. The minimum Gasteiger partial charge on any atom is -0.496 e. The second kappa shape index (κ2) is 45.9. The summed E-state index contributed by atoms with van der Waals surface area (Å²) in [7, 11) is 11.6. The van der Waals surface area contributed by atoms with Crippen LogP contribution in [0.2, 0.25) is 0 Å². The summed E-state index contributed by atoms with van der Waals surface area (Å²) in [5.74, 6) is -0.760. The molecule has 4 aromatic carbocycles. The number of carbonyl (C=O) groups is 7. The number of nitrogens with two attached hydrogens (primary N) is 1. The number of ketones is 1. The predicted octanol–water partition coefficient (Wildman–Crippen LogP) is 9.06. The van der Waals surface area contributed by atoms with Crippen LogP contribution in [0.4, 0.5) is 0 Å². The van der Waals surface area contributed by atoms with Crippen molar-refractivity contribution in [2.24, 2.45) is 36.6 Å². The van der Waals surface area contributed by atoms with Crippen LogP contribution >= 0.6 is 22.7 Å². The Morgan fingerprint density at radius 2 is 1.02 bits per heavy atom. The van der Waals surface area contributed by atoms with Crippen LogP contribution in [0.5, 0.6) is 23.0 Å². The van der Waals surface area contributed by atoms with E-state index in [9.17, 15) is 53.4 Å². The van der Waals surface area contributed by atoms with Crippen LogP contribution < -0.4 is 51.8 Å². The van der Waals surface area contributed by atoms with Crippen molar-refractivity contribution in [1.82, 2.24) is 59.7 Å². The third-order valence-corrected chi connectivity index (χ3v) is 24.1. The van der Waals surface area contributed by atoms with Crippen LogP contribution in [0.3, 0.4) is 0 Å². The molecule has 0 unspecified atom stereocenters. The number of ether oxygens (including phenoxy) is 8. The molecule has 6 aromatic heterocycles. The van der Waals surface area contributed by atoms with Gasteiger partial charge in [0, 0.05) is 133 Å². The molecule has 34 heteroatoms. The van der Waals surface area contributed by atoms with E-state index in [1.807, 2.05) is 140 Å². The maximum Gasteiger partial charge on any atom is 0.259 e. The van der Waals surface area contributed by atoms with E-state index < -0.39 is 58.9 Å². The number of likely N-dealkylation sites (N-methyl/N-ethyl adjacent to an activating group) is 1. The molecule has 32 nitrogen and oxygen atoms in total. The SMILES string of the molecule is COc1cc(-c2cn(C)c(=O)c3cnccc23)cc(OC)c1C=O.COc1cc(-c2cn(C)c(=O)c3cnccc23)cc(OC)c1CN(C)CCOCCOCC(=O)C[C@H](C(=O)N1C[C@H](O)C[C@H]1C(=O)NCc1ccc(-c2scnc2C)cc1)C(C)(C)C.Cc1ncsc1-c1ccc(CNC(=O)[C@@H]2C[C@@H](O)CN2C(=O)[C@@H](NC(=O)COCCOCCN)C(C)(C)C)cc1. The summed E-state index contributed by atoms with van der Waals surface area (Å²) < 4.78 is 47.4. The van der Waals surface area contributed by atoms with Gasteiger partial charge in [-0.05, 0) is 112 Å². The number of thiazole rings is 2. The summed E-state index contributed by atoms with van der Waals surface area (Å²) in [6.07, 6.45) is 9.18. The first-order chi connectivity index (χ1) is 61.2. The van der Waals surface area contributed by atoms with Crippen molar-refractivity contribution in [1.29, 1.82) is 0 Å². The van der Waals surface area contributed by atoms with E-state index in [4.69, 9.17) is 43.6 Å². The Morgan fingerprint density at radius 1 is 0.578 bits per heavy atom. The number of β-amino-alcohol motifs (C(OH)–C–C–N with tert-alkyl or cyclic N) is 2. The number of rotatable bonds is 37. The van der Waals surface area contributed by atoms with E-state index >= 15 is 0 Å². The minimum atomic E-state index is -0.916. The number of nitrogens with one attached hydrogen (secondary N) is 3. The van der Waals surface area contributed by atoms with Crippen LogP contribution in [0.1, 0.15) is 99.2 Å². The number of hydrogen-bond acceptors (Lipinski definition) is 27. The van der Waals surface area contributed by atoms with Gasteiger partial charge in [0.05, 0.1) is 134 Å². The highest BCUT2D eigenvalue weighted by Crippen LogP contribution is 2.41. The highest BCUT2D eigenvalue weighted by Gasteiger charge is 2.46. The molecule has 128 heavy (non-hydrogen) atoms. The van der Waals surface area contributed by atoms with Crippen molar-refractivity contribution >= 4 is 85.8 Å². The van der Waals surface area contributed by atoms with E-state index in [0.717, 1.165) is 82.0 Å². The Bertz CT molecular complexity index is 5580. The number of methoxy groups -OCH3 is 4. The van der Waals surface area contributed by atoms with Crippen LogP contribution in [0.15, 0.2) is 143 Å². The lowest BCUT2D eigenvalue weighted by atomic mass is 9.77. The smallest absolute Gasteiger partial charge is 0.259 e. The number of aryl methyl sites for hydroxylation is 4. The fourth-order valence-corrected chi connectivity index (χ4v) is 16.9. The number of aromatic nitrogens is 6. The maximum atomic E-state index is 14.1. The second-order valence-electron chi connectivity index (χ2n) is 33.6. The quantitative estimate of drug-likeness (QED) is 0.0156. The lowest BCUT2D eigenvalue weighted by molar-refractivity contribution is -0.146. The number of aliphatic hydroxyl groups is 2. The average molecular weight is 1800 g/mol. The van der Waals surface area contributed by atoms with Gasteiger partial charge in [-0.25, -0.2) is 9.97 Å². The van der Waals surface area contributed by atoms with Gasteiger partial charge in [0.1, 0.15) is 54.3 Å². The van der Waals surface area contributed by atoms with Crippen LogP contribution in [-0.4, -0.2) is 240 Å². The fourth-order valence-electron chi connectivity index (χ4n) is 15.2. The van der Waals surface area contributed by atoms with Gasteiger partial charge in [0.15, 0.2) is 12.1 Å². The topological polar surface area (TPSA) is 401 Å². The van der Waals surface area contributed by atoms with Crippen molar-refractivity contribution in [3.63, 3.8) is 0 Å². The normalized spacial score (nSPS) is 15.5. The third kappa shape index (κ3) is 25.5. The van der Waals surface area contributed by atoms with Gasteiger partial charge in [-0.1, -0.05) is 90.1 Å². The molecule has 0 bridgehead atoms. The molecule has 0 spiro atoms. The monoisotopic (exact) mass is 1800 g/mol. The summed E-state index contributed by atoms with van der Waals surface area (Å²) in [4.78, 5) is 140. The number of fused-ring (bicyclic) bond motifs is 2. The molecular formula is C94H117N13O19S2. The molecule has 2 fully saturated rings. The molecule has 0 saturated carbocycles. The van der Waals surface area contributed by atoms with Gasteiger partial charge in [-0.3, -0.25) is 58.0 Å². The number of amides is 5. The number of benzene rings is 4. The highest BCUT2D eigenvalue weighted by molar-refractivity contribution is 7.13. The molecule has 0 aliphatic carbocycles. The van der Waals surface area contributed by atoms with Crippen molar-refractivity contribution in [2.75, 3.05) is 115 Å². The standard InChI is InChI=1S/C48H60N6O9S.C28H41N5O6S.C18H16N2O4/c1-30-44(64-29-51-30)32-11-9-31(10-12-32)23-50-45(57)41-22-34(55)25-54(41)47(59)40(48(2,3)4)21-35(56)28-63-18-17-62-16-15-52(5)26-39-42(60-7)19-33(20-43(39)61-8)38-27-53(6)46(58)37-24-49-14-13-36(37)38;1-18-24(40-17-31-18)20-7-5-19(6-8-20)14-30-26(36)22-13-21(34)15-33(22)27(37)25(28(2,3)4)32-23(35)16-39-12-11-38-10-9-29;1-20-9-14(12-4-5-19-8-13(12)18(20)22)11-6-16(23-2)15(10-21)17(7-11)24-3/h9-14,19-20,24,27,29,34,40-41,55H,15-18,21-23,25-26,28H2,1-8H3,(H,50,57);5-8,17,21-22,25,34H,9-16,29H2,1-4H3,(H,30,36)(H,32,35);4-10H,1-3H3/t34-,40-,41+;21-,22+,25-;/m11./s1. The van der Waals surface area contributed by atoms with Gasteiger partial charge >= 0.3 is 0 Å². The molecule has 6 atom stereocenters. The van der Waals surface area contributed by atoms with E-state index in [0.29, 0.717) is 85.1 Å². The molecule has 10 aromatic rings. The van der Waals surface area contributed by atoms with Crippen LogP contribution in [0.25, 0.3) is 64.7 Å². The average Bonchev–Trinajstić information content (AvgIpc) is 1.52. The fraction of sp³-hybridized carbons (Fsp3) is 0.436. The third-order valence-electron chi connectivity index (χ3n) is 22.2. The Hall–Kier alpha value is -11.6. The first-order valence-corrected chi connectivity index (χ1v) is 43.8. The molecular weight excluding hydrogens is 1680 g/mol. The first kappa shape index (κ1) is 98.6. The summed E-state index contributed by atoms with van der Waals surface area (Å²) in [6, 6.07) is 24.2. The zero-order chi connectivity index (χ0) is 92.7. The predicted molar refractivity (Wildman–Crippen MR) is 490 cm³/mol. The van der Waals surface area contributed by atoms with E-state index in [2.05, 4.69) is 40.8 Å². The van der Waals surface area contributed by atoms with Gasteiger partial charge in [-0.15, -0.1) is 22.7 Å². The number of pyridine rings is 4. The number of hydrogen-bond donors (Lipinski definition) is 6. The summed E-state index contributed by atoms with van der Waals surface area (Å²) >= 11 is 3.15. The van der Waals surface area contributed by atoms with Crippen molar-refractivity contribution in [3.8, 4) is 66.1 Å². The molecule has 8 heterocycles. The number of Topliss-reactive ketones (excluding diaryl/α,β-unsaturated/α-hetero) is 1. The van der Waals surface area contributed by atoms with Gasteiger partial charge in [-0.2, -0.15) is 0 Å². The van der Waals surface area contributed by atoms with Crippen LogP contribution in [0, 0.1) is 30.6 Å². The largest absolute Gasteiger partial charge is 0.496 e. The van der Waals surface area contributed by atoms with Gasteiger partial charge in [0.25, 0.3) is 11.1 Å². The zero-order valence-electron chi connectivity index (χ0n) is 75.2.